The van der Waals surface area contributed by atoms with E-state index in [2.05, 4.69) is 9.88 Å². The third kappa shape index (κ3) is 4.12. The SMILES string of the molecule is Cc1nc(N(C)C)sc1CN(CC(O)c1ccc(F)cc1)C1CC1. The van der Waals surface area contributed by atoms with Gasteiger partial charge in [-0.3, -0.25) is 4.90 Å². The molecular formula is C18H24FN3OS. The smallest absolute Gasteiger partial charge is 0.185 e. The third-order valence-electron chi connectivity index (χ3n) is 4.34. The molecule has 1 fully saturated rings. The zero-order valence-corrected chi connectivity index (χ0v) is 15.2. The van der Waals surface area contributed by atoms with Crippen LogP contribution in [0.15, 0.2) is 24.3 Å². The number of aromatic nitrogens is 1. The van der Waals surface area contributed by atoms with Crippen LogP contribution in [0.5, 0.6) is 0 Å². The van der Waals surface area contributed by atoms with Gasteiger partial charge in [0.2, 0.25) is 0 Å². The summed E-state index contributed by atoms with van der Waals surface area (Å²) >= 11 is 1.71. The molecule has 130 valence electrons. The van der Waals surface area contributed by atoms with Crippen LogP contribution in [0, 0.1) is 12.7 Å². The second-order valence-electron chi connectivity index (χ2n) is 6.63. The molecule has 2 aromatic rings. The first-order chi connectivity index (χ1) is 11.4. The van der Waals surface area contributed by atoms with E-state index < -0.39 is 6.10 Å². The molecule has 4 nitrogen and oxygen atoms in total. The molecule has 1 atom stereocenters. The van der Waals surface area contributed by atoms with Crippen molar-refractivity contribution < 1.29 is 9.50 Å². The van der Waals surface area contributed by atoms with Crippen molar-refractivity contribution in [3.05, 3.63) is 46.2 Å². The van der Waals surface area contributed by atoms with Gasteiger partial charge in [0.25, 0.3) is 0 Å². The topological polar surface area (TPSA) is 39.6 Å². The van der Waals surface area contributed by atoms with Crippen molar-refractivity contribution in [2.75, 3.05) is 25.5 Å². The lowest BCUT2D eigenvalue weighted by Crippen LogP contribution is -2.30. The van der Waals surface area contributed by atoms with E-state index in [4.69, 9.17) is 0 Å². The van der Waals surface area contributed by atoms with Gasteiger partial charge in [-0.1, -0.05) is 12.1 Å². The number of hydrogen-bond acceptors (Lipinski definition) is 5. The van der Waals surface area contributed by atoms with Gasteiger partial charge in [0.1, 0.15) is 5.82 Å². The molecule has 1 heterocycles. The molecule has 0 aliphatic heterocycles. The van der Waals surface area contributed by atoms with Gasteiger partial charge in [0.05, 0.1) is 11.8 Å². The molecule has 0 spiro atoms. The Bertz CT molecular complexity index is 682. The highest BCUT2D eigenvalue weighted by molar-refractivity contribution is 7.15. The quantitative estimate of drug-likeness (QED) is 0.832. The van der Waals surface area contributed by atoms with Gasteiger partial charge in [-0.2, -0.15) is 0 Å². The number of thiazole rings is 1. The lowest BCUT2D eigenvalue weighted by atomic mass is 10.1. The van der Waals surface area contributed by atoms with E-state index in [9.17, 15) is 9.50 Å². The largest absolute Gasteiger partial charge is 0.387 e. The van der Waals surface area contributed by atoms with Crippen molar-refractivity contribution in [1.29, 1.82) is 0 Å². The van der Waals surface area contributed by atoms with Crippen LogP contribution in [-0.4, -0.2) is 41.7 Å². The monoisotopic (exact) mass is 349 g/mol. The summed E-state index contributed by atoms with van der Waals surface area (Å²) in [5.41, 5.74) is 1.82. The molecule has 1 saturated carbocycles. The zero-order chi connectivity index (χ0) is 17.3. The number of halogens is 1. The highest BCUT2D eigenvalue weighted by Gasteiger charge is 2.31. The van der Waals surface area contributed by atoms with Crippen LogP contribution < -0.4 is 4.90 Å². The Morgan fingerprint density at radius 3 is 2.50 bits per heavy atom. The predicted octanol–water partition coefficient (Wildman–Crippen LogP) is 3.35. The van der Waals surface area contributed by atoms with Crippen LogP contribution in [0.4, 0.5) is 9.52 Å². The highest BCUT2D eigenvalue weighted by atomic mass is 32.1. The number of anilines is 1. The van der Waals surface area contributed by atoms with E-state index >= 15 is 0 Å². The average Bonchev–Trinajstić information content (AvgIpc) is 3.32. The van der Waals surface area contributed by atoms with Crippen LogP contribution in [0.2, 0.25) is 0 Å². The van der Waals surface area contributed by atoms with E-state index in [1.54, 1.807) is 23.5 Å². The molecule has 0 amide bonds. The summed E-state index contributed by atoms with van der Waals surface area (Å²) in [4.78, 5) is 10.2. The first kappa shape index (κ1) is 17.3. The minimum atomic E-state index is -0.604. The van der Waals surface area contributed by atoms with Crippen molar-refractivity contribution >= 4 is 16.5 Å². The normalized spacial score (nSPS) is 15.8. The van der Waals surface area contributed by atoms with Gasteiger partial charge in [-0.15, -0.1) is 11.3 Å². The number of aliphatic hydroxyl groups is 1. The molecule has 1 aliphatic rings. The second kappa shape index (κ2) is 7.17. The number of aryl methyl sites for hydroxylation is 1. The fourth-order valence-electron chi connectivity index (χ4n) is 2.73. The van der Waals surface area contributed by atoms with Gasteiger partial charge in [-0.25, -0.2) is 9.37 Å². The lowest BCUT2D eigenvalue weighted by molar-refractivity contribution is 0.105. The molecule has 3 rings (SSSR count). The Labute approximate surface area is 146 Å². The average molecular weight is 349 g/mol. The maximum absolute atomic E-state index is 13.0. The van der Waals surface area contributed by atoms with E-state index in [1.165, 1.54) is 29.9 Å². The van der Waals surface area contributed by atoms with Crippen LogP contribution in [0.1, 0.15) is 35.1 Å². The lowest BCUT2D eigenvalue weighted by Gasteiger charge is -2.24. The van der Waals surface area contributed by atoms with Crippen molar-refractivity contribution in [3.63, 3.8) is 0 Å². The molecular weight excluding hydrogens is 325 g/mol. The summed E-state index contributed by atoms with van der Waals surface area (Å²) in [7, 11) is 4.00. The Morgan fingerprint density at radius 2 is 1.96 bits per heavy atom. The number of rotatable bonds is 7. The predicted molar refractivity (Wildman–Crippen MR) is 96.0 cm³/mol. The van der Waals surface area contributed by atoms with Crippen molar-refractivity contribution in [2.45, 2.75) is 38.5 Å². The van der Waals surface area contributed by atoms with Crippen molar-refractivity contribution in [3.8, 4) is 0 Å². The van der Waals surface area contributed by atoms with E-state index in [1.807, 2.05) is 25.9 Å². The minimum absolute atomic E-state index is 0.276. The summed E-state index contributed by atoms with van der Waals surface area (Å²) in [6.45, 7) is 3.41. The first-order valence-corrected chi connectivity index (χ1v) is 9.07. The fraction of sp³-hybridized carbons (Fsp3) is 0.500. The summed E-state index contributed by atoms with van der Waals surface area (Å²) in [6.07, 6.45) is 1.75. The van der Waals surface area contributed by atoms with Crippen LogP contribution in [0.3, 0.4) is 0 Å². The molecule has 0 saturated heterocycles. The van der Waals surface area contributed by atoms with E-state index in [-0.39, 0.29) is 5.82 Å². The van der Waals surface area contributed by atoms with Gasteiger partial charge < -0.3 is 10.0 Å². The van der Waals surface area contributed by atoms with Crippen LogP contribution >= 0.6 is 11.3 Å². The number of benzene rings is 1. The standard InChI is InChI=1S/C18H24FN3OS/c1-12-17(24-18(20-12)21(2)3)11-22(15-8-9-15)10-16(23)13-4-6-14(19)7-5-13/h4-7,15-16,23H,8-11H2,1-3H3. The van der Waals surface area contributed by atoms with Gasteiger partial charge in [0, 0.05) is 38.1 Å². The maximum Gasteiger partial charge on any atom is 0.185 e. The molecule has 1 aliphatic carbocycles. The molecule has 0 radical (unpaired) electrons. The summed E-state index contributed by atoms with van der Waals surface area (Å²) in [6, 6.07) is 6.65. The third-order valence-corrected chi connectivity index (χ3v) is 5.65. The fourth-order valence-corrected chi connectivity index (χ4v) is 3.74. The van der Waals surface area contributed by atoms with Crippen molar-refractivity contribution in [1.82, 2.24) is 9.88 Å². The summed E-state index contributed by atoms with van der Waals surface area (Å²) in [5, 5.41) is 11.5. The van der Waals surface area contributed by atoms with Crippen molar-refractivity contribution in [2.24, 2.45) is 0 Å². The molecule has 1 N–H and O–H groups in total. The molecule has 24 heavy (non-hydrogen) atoms. The molecule has 0 bridgehead atoms. The Morgan fingerprint density at radius 1 is 1.29 bits per heavy atom. The number of aliphatic hydroxyl groups excluding tert-OH is 1. The second-order valence-corrected chi connectivity index (χ2v) is 7.69. The molecule has 6 heteroatoms. The molecule has 1 aromatic heterocycles. The minimum Gasteiger partial charge on any atom is -0.387 e. The molecule has 1 aromatic carbocycles. The first-order valence-electron chi connectivity index (χ1n) is 8.25. The van der Waals surface area contributed by atoms with Gasteiger partial charge >= 0.3 is 0 Å². The van der Waals surface area contributed by atoms with Gasteiger partial charge in [-0.05, 0) is 37.5 Å². The number of nitrogens with zero attached hydrogens (tertiary/aromatic N) is 3. The Hall–Kier alpha value is -1.50. The summed E-state index contributed by atoms with van der Waals surface area (Å²) < 4.78 is 13.0. The van der Waals surface area contributed by atoms with Crippen LogP contribution in [-0.2, 0) is 6.54 Å². The maximum atomic E-state index is 13.0. The summed E-state index contributed by atoms with van der Waals surface area (Å²) in [5.74, 6) is -0.276. The Balaban J connectivity index is 1.70. The Kier molecular flexibility index (Phi) is 5.18. The van der Waals surface area contributed by atoms with E-state index in [0.717, 1.165) is 22.9 Å². The number of hydrogen-bond donors (Lipinski definition) is 1. The molecule has 1 unspecified atom stereocenters. The van der Waals surface area contributed by atoms with Crippen LogP contribution in [0.25, 0.3) is 0 Å². The zero-order valence-electron chi connectivity index (χ0n) is 14.4. The van der Waals surface area contributed by atoms with E-state index in [0.29, 0.717) is 12.6 Å². The van der Waals surface area contributed by atoms with Gasteiger partial charge in [0.15, 0.2) is 5.13 Å². The highest BCUT2D eigenvalue weighted by Crippen LogP contribution is 2.33.